The molecule has 0 N–H and O–H groups in total. The molecule has 0 aliphatic heterocycles. The van der Waals surface area contributed by atoms with Crippen LogP contribution in [0.25, 0.3) is 0 Å². The van der Waals surface area contributed by atoms with E-state index in [0.717, 1.165) is 42.7 Å². The molecule has 4 heteroatoms. The lowest BCUT2D eigenvalue weighted by atomic mass is 9.75. The van der Waals surface area contributed by atoms with E-state index in [1.54, 1.807) is 18.2 Å². The highest BCUT2D eigenvalue weighted by Gasteiger charge is 2.29. The molecule has 0 radical (unpaired) electrons. The van der Waals surface area contributed by atoms with Crippen LogP contribution in [0.1, 0.15) is 97.9 Å². The van der Waals surface area contributed by atoms with Crippen molar-refractivity contribution in [1.29, 1.82) is 5.26 Å². The summed E-state index contributed by atoms with van der Waals surface area (Å²) in [5.41, 5.74) is 2.22. The number of hydrogen-bond acceptors (Lipinski definition) is 1. The first-order chi connectivity index (χ1) is 15.0. The summed E-state index contributed by atoms with van der Waals surface area (Å²) in [7, 11) is 0. The van der Waals surface area contributed by atoms with Gasteiger partial charge in [0.15, 0.2) is 0 Å². The van der Waals surface area contributed by atoms with Gasteiger partial charge in [0.1, 0.15) is 23.5 Å². The number of fused-ring (bicyclic) bond motifs is 1. The Morgan fingerprint density at radius 1 is 0.968 bits per heavy atom. The molecule has 31 heavy (non-hydrogen) atoms. The van der Waals surface area contributed by atoms with Crippen LogP contribution in [0.15, 0.2) is 24.3 Å². The largest absolute Gasteiger partial charge is 0.207 e. The number of halogens is 3. The Balaban J connectivity index is 1.50. The molecular weight excluding hydrogens is 395 g/mol. The maximum Gasteiger partial charge on any atom is 0.144 e. The lowest BCUT2D eigenvalue weighted by Crippen LogP contribution is -2.18. The number of rotatable bonds is 5. The number of hydrogen-bond donors (Lipinski definition) is 0. The lowest BCUT2D eigenvalue weighted by Gasteiger charge is -2.30. The van der Waals surface area contributed by atoms with E-state index in [1.807, 2.05) is 6.07 Å². The molecule has 1 unspecified atom stereocenters. The molecule has 1 fully saturated rings. The highest BCUT2D eigenvalue weighted by molar-refractivity contribution is 5.43. The zero-order valence-corrected chi connectivity index (χ0v) is 18.2. The smallest absolute Gasteiger partial charge is 0.144 e. The molecule has 2 aromatic carbocycles. The standard InChI is InChI=1S/C27H30F3N/c1-2-3-4-17-5-7-18(8-6-17)22-14-24(28)26(25(29)15-22)20-11-12-23-19(13-20)9-10-21(16-31)27(23)30/h9-10,14-15,17-18,20H,2-8,11-13H2,1H3. The fourth-order valence-corrected chi connectivity index (χ4v) is 5.65. The Morgan fingerprint density at radius 2 is 1.68 bits per heavy atom. The van der Waals surface area contributed by atoms with E-state index in [9.17, 15) is 4.39 Å². The highest BCUT2D eigenvalue weighted by atomic mass is 19.1. The topological polar surface area (TPSA) is 23.8 Å². The van der Waals surface area contributed by atoms with Gasteiger partial charge < -0.3 is 0 Å². The van der Waals surface area contributed by atoms with Gasteiger partial charge in [-0.3, -0.25) is 0 Å². The third-order valence-electron chi connectivity index (χ3n) is 7.46. The van der Waals surface area contributed by atoms with Gasteiger partial charge in [-0.2, -0.15) is 5.26 Å². The molecule has 0 spiro atoms. The zero-order chi connectivity index (χ0) is 22.0. The molecule has 2 aliphatic rings. The van der Waals surface area contributed by atoms with E-state index in [4.69, 9.17) is 5.26 Å². The summed E-state index contributed by atoms with van der Waals surface area (Å²) in [6, 6.07) is 8.14. The first kappa shape index (κ1) is 21.9. The second-order valence-corrected chi connectivity index (χ2v) is 9.37. The fraction of sp³-hybridized carbons (Fsp3) is 0.519. The second kappa shape index (κ2) is 9.47. The van der Waals surface area contributed by atoms with Crippen LogP contribution in [0.2, 0.25) is 0 Å². The van der Waals surface area contributed by atoms with E-state index in [0.29, 0.717) is 24.8 Å². The highest BCUT2D eigenvalue weighted by Crippen LogP contribution is 2.41. The molecule has 0 heterocycles. The molecular formula is C27H30F3N. The fourth-order valence-electron chi connectivity index (χ4n) is 5.65. The molecule has 0 bridgehead atoms. The molecule has 2 aromatic rings. The van der Waals surface area contributed by atoms with Gasteiger partial charge in [0.2, 0.25) is 0 Å². The quantitative estimate of drug-likeness (QED) is 0.481. The van der Waals surface area contributed by atoms with Crippen LogP contribution in [0.5, 0.6) is 0 Å². The Hall–Kier alpha value is -2.28. The summed E-state index contributed by atoms with van der Waals surface area (Å²) in [4.78, 5) is 0. The first-order valence-corrected chi connectivity index (χ1v) is 11.7. The molecule has 1 saturated carbocycles. The predicted octanol–water partition coefficient (Wildman–Crippen LogP) is 7.71. The van der Waals surface area contributed by atoms with Gasteiger partial charge in [-0.1, -0.05) is 32.3 Å². The van der Waals surface area contributed by atoms with Crippen LogP contribution in [0.3, 0.4) is 0 Å². The van der Waals surface area contributed by atoms with Gasteiger partial charge >= 0.3 is 0 Å². The van der Waals surface area contributed by atoms with Crippen LogP contribution in [0, 0.1) is 34.7 Å². The minimum absolute atomic E-state index is 0.0309. The van der Waals surface area contributed by atoms with E-state index in [-0.39, 0.29) is 23.0 Å². The van der Waals surface area contributed by atoms with Crippen molar-refractivity contribution in [2.45, 2.75) is 83.0 Å². The zero-order valence-electron chi connectivity index (χ0n) is 18.2. The van der Waals surface area contributed by atoms with Crippen LogP contribution in [0.4, 0.5) is 13.2 Å². The van der Waals surface area contributed by atoms with E-state index < -0.39 is 17.5 Å². The van der Waals surface area contributed by atoms with Crippen molar-refractivity contribution in [3.63, 3.8) is 0 Å². The lowest BCUT2D eigenvalue weighted by molar-refractivity contribution is 0.303. The van der Waals surface area contributed by atoms with E-state index in [1.165, 1.54) is 25.3 Å². The molecule has 0 amide bonds. The average molecular weight is 426 g/mol. The van der Waals surface area contributed by atoms with Crippen molar-refractivity contribution in [3.05, 3.63) is 69.5 Å². The average Bonchev–Trinajstić information content (AvgIpc) is 2.78. The summed E-state index contributed by atoms with van der Waals surface area (Å²) in [5.74, 6) is -0.727. The third-order valence-corrected chi connectivity index (χ3v) is 7.46. The molecule has 164 valence electrons. The Morgan fingerprint density at radius 3 is 2.32 bits per heavy atom. The molecule has 2 aliphatic carbocycles. The monoisotopic (exact) mass is 425 g/mol. The molecule has 1 atom stereocenters. The van der Waals surface area contributed by atoms with Crippen molar-refractivity contribution < 1.29 is 13.2 Å². The minimum Gasteiger partial charge on any atom is -0.207 e. The Bertz CT molecular complexity index is 960. The van der Waals surface area contributed by atoms with Gasteiger partial charge in [-0.15, -0.1) is 0 Å². The summed E-state index contributed by atoms with van der Waals surface area (Å²) >= 11 is 0. The summed E-state index contributed by atoms with van der Waals surface area (Å²) < 4.78 is 44.6. The number of nitrogens with zero attached hydrogens (tertiary/aromatic N) is 1. The maximum atomic E-state index is 15.1. The second-order valence-electron chi connectivity index (χ2n) is 9.37. The SMILES string of the molecule is CCCCC1CCC(c2cc(F)c(C3CCc4c(ccc(C#N)c4F)C3)c(F)c2)CC1. The molecule has 0 saturated heterocycles. The van der Waals surface area contributed by atoms with Gasteiger partial charge in [-0.05, 0) is 97.6 Å². The first-order valence-electron chi connectivity index (χ1n) is 11.7. The maximum absolute atomic E-state index is 15.1. The van der Waals surface area contributed by atoms with Gasteiger partial charge in [0.05, 0.1) is 5.56 Å². The van der Waals surface area contributed by atoms with Gasteiger partial charge in [0.25, 0.3) is 0 Å². The minimum atomic E-state index is -0.482. The number of unbranched alkanes of at least 4 members (excludes halogenated alkanes) is 1. The molecule has 1 nitrogen and oxygen atoms in total. The van der Waals surface area contributed by atoms with Gasteiger partial charge in [-0.25, -0.2) is 13.2 Å². The third kappa shape index (κ3) is 4.52. The van der Waals surface area contributed by atoms with Crippen molar-refractivity contribution in [3.8, 4) is 6.07 Å². The molecule has 4 rings (SSSR count). The summed E-state index contributed by atoms with van der Waals surface area (Å²) in [6.07, 6.45) is 9.32. The Kier molecular flexibility index (Phi) is 6.70. The van der Waals surface area contributed by atoms with Crippen molar-refractivity contribution in [2.24, 2.45) is 5.92 Å². The predicted molar refractivity (Wildman–Crippen MR) is 116 cm³/mol. The van der Waals surface area contributed by atoms with Gasteiger partial charge in [0, 0.05) is 5.56 Å². The van der Waals surface area contributed by atoms with Crippen LogP contribution in [-0.4, -0.2) is 0 Å². The summed E-state index contributed by atoms with van der Waals surface area (Å²) in [6.45, 7) is 2.21. The summed E-state index contributed by atoms with van der Waals surface area (Å²) in [5, 5.41) is 9.02. The van der Waals surface area contributed by atoms with Crippen molar-refractivity contribution in [2.75, 3.05) is 0 Å². The normalized spacial score (nSPS) is 23.3. The van der Waals surface area contributed by atoms with Crippen LogP contribution >= 0.6 is 0 Å². The Labute approximate surface area is 183 Å². The number of nitriles is 1. The van der Waals surface area contributed by atoms with E-state index in [2.05, 4.69) is 6.92 Å². The number of benzene rings is 2. The van der Waals surface area contributed by atoms with Crippen LogP contribution < -0.4 is 0 Å². The molecule has 0 aromatic heterocycles. The van der Waals surface area contributed by atoms with Crippen molar-refractivity contribution >= 4 is 0 Å². The van der Waals surface area contributed by atoms with E-state index >= 15 is 8.78 Å². The van der Waals surface area contributed by atoms with Crippen LogP contribution in [-0.2, 0) is 12.8 Å². The van der Waals surface area contributed by atoms with Crippen molar-refractivity contribution in [1.82, 2.24) is 0 Å².